The van der Waals surface area contributed by atoms with Crippen LogP contribution in [0.2, 0.25) is 0 Å². The van der Waals surface area contributed by atoms with Gasteiger partial charge in [0.15, 0.2) is 0 Å². The molecule has 6 heteroatoms. The van der Waals surface area contributed by atoms with Gasteiger partial charge in [-0.05, 0) is 67.5 Å². The Morgan fingerprint density at radius 2 is 1.94 bits per heavy atom. The molecule has 5 rings (SSSR count). The summed E-state index contributed by atoms with van der Waals surface area (Å²) in [5, 5.41) is 8.66. The largest absolute Gasteiger partial charge is 0.468 e. The van der Waals surface area contributed by atoms with Crippen molar-refractivity contribution in [1.82, 2.24) is 20.0 Å². The predicted molar refractivity (Wildman–Crippen MR) is 119 cm³/mol. The molecule has 5 nitrogen and oxygen atoms in total. The van der Waals surface area contributed by atoms with Crippen LogP contribution >= 0.6 is 0 Å². The Bertz CT molecular complexity index is 1000. The third kappa shape index (κ3) is 4.46. The molecule has 1 saturated heterocycles. The van der Waals surface area contributed by atoms with Crippen LogP contribution in [0.25, 0.3) is 5.69 Å². The third-order valence-electron chi connectivity index (χ3n) is 6.73. The Hall–Kier alpha value is -2.44. The standard InChI is InChI=1S/C25H31FN4O/c1-25(2)14-23(28-19-9-11-29(12-10-19)17-21-4-3-13-31-21)22-16-27-30(24(22)15-25)20-7-5-18(26)6-8-20/h3-8,13,16,19,23,28H,9-12,14-15,17H2,1-2H3/t23-/m1/s1. The Labute approximate surface area is 183 Å². The maximum Gasteiger partial charge on any atom is 0.123 e. The van der Waals surface area contributed by atoms with E-state index in [2.05, 4.69) is 30.1 Å². The highest BCUT2D eigenvalue weighted by atomic mass is 19.1. The molecule has 1 atom stereocenters. The summed E-state index contributed by atoms with van der Waals surface area (Å²) in [5.41, 5.74) is 3.64. The molecule has 3 aromatic rings. The van der Waals surface area contributed by atoms with Gasteiger partial charge < -0.3 is 9.73 Å². The number of rotatable bonds is 5. The summed E-state index contributed by atoms with van der Waals surface area (Å²) < 4.78 is 20.9. The second kappa shape index (κ2) is 8.24. The highest BCUT2D eigenvalue weighted by Gasteiger charge is 2.36. The lowest BCUT2D eigenvalue weighted by atomic mass is 9.74. The van der Waals surface area contributed by atoms with Crippen LogP contribution in [-0.2, 0) is 13.0 Å². The van der Waals surface area contributed by atoms with Gasteiger partial charge >= 0.3 is 0 Å². The molecule has 2 aliphatic rings. The number of benzene rings is 1. The topological polar surface area (TPSA) is 46.2 Å². The minimum atomic E-state index is -0.219. The van der Waals surface area contributed by atoms with E-state index in [4.69, 9.17) is 9.52 Å². The average molecular weight is 423 g/mol. The summed E-state index contributed by atoms with van der Waals surface area (Å²) in [6, 6.07) is 11.4. The summed E-state index contributed by atoms with van der Waals surface area (Å²) in [5.74, 6) is 0.821. The molecular formula is C25H31FN4O. The van der Waals surface area contributed by atoms with Crippen LogP contribution in [-0.4, -0.2) is 33.8 Å². The van der Waals surface area contributed by atoms with E-state index in [1.807, 2.05) is 16.9 Å². The van der Waals surface area contributed by atoms with Crippen molar-refractivity contribution in [3.8, 4) is 5.69 Å². The maximum atomic E-state index is 13.4. The second-order valence-corrected chi connectivity index (χ2v) is 9.83. The van der Waals surface area contributed by atoms with Crippen molar-refractivity contribution < 1.29 is 8.81 Å². The third-order valence-corrected chi connectivity index (χ3v) is 6.73. The molecule has 0 saturated carbocycles. The molecule has 1 aromatic carbocycles. The van der Waals surface area contributed by atoms with Crippen LogP contribution in [0.15, 0.2) is 53.3 Å². The molecular weight excluding hydrogens is 391 g/mol. The number of furan rings is 1. The second-order valence-electron chi connectivity index (χ2n) is 9.83. The van der Waals surface area contributed by atoms with Gasteiger partial charge in [0, 0.05) is 36.4 Å². The van der Waals surface area contributed by atoms with Crippen LogP contribution in [0.5, 0.6) is 0 Å². The van der Waals surface area contributed by atoms with E-state index in [1.54, 1.807) is 18.4 Å². The number of likely N-dealkylation sites (tertiary alicyclic amines) is 1. The van der Waals surface area contributed by atoms with Crippen LogP contribution in [0.1, 0.15) is 56.2 Å². The van der Waals surface area contributed by atoms with Gasteiger partial charge in [0.1, 0.15) is 11.6 Å². The number of fused-ring (bicyclic) bond motifs is 1. The first-order valence-electron chi connectivity index (χ1n) is 11.3. The molecule has 1 aliphatic heterocycles. The molecule has 164 valence electrons. The predicted octanol–water partition coefficient (Wildman–Crippen LogP) is 4.87. The van der Waals surface area contributed by atoms with Gasteiger partial charge in [-0.3, -0.25) is 4.90 Å². The van der Waals surface area contributed by atoms with Gasteiger partial charge in [0.25, 0.3) is 0 Å². The molecule has 3 heterocycles. The number of nitrogens with one attached hydrogen (secondary N) is 1. The van der Waals surface area contributed by atoms with Crippen molar-refractivity contribution in [2.75, 3.05) is 13.1 Å². The first kappa shape index (κ1) is 20.5. The minimum Gasteiger partial charge on any atom is -0.468 e. The number of hydrogen-bond acceptors (Lipinski definition) is 4. The fraction of sp³-hybridized carbons (Fsp3) is 0.480. The molecule has 0 bridgehead atoms. The summed E-state index contributed by atoms with van der Waals surface area (Å²) in [4.78, 5) is 2.47. The van der Waals surface area contributed by atoms with E-state index in [9.17, 15) is 4.39 Å². The van der Waals surface area contributed by atoms with Crippen molar-refractivity contribution in [2.45, 2.75) is 58.2 Å². The molecule has 1 aliphatic carbocycles. The van der Waals surface area contributed by atoms with E-state index < -0.39 is 0 Å². The fourth-order valence-electron chi connectivity index (χ4n) is 5.16. The molecule has 0 unspecified atom stereocenters. The van der Waals surface area contributed by atoms with Crippen molar-refractivity contribution in [3.63, 3.8) is 0 Å². The van der Waals surface area contributed by atoms with Crippen LogP contribution in [0, 0.1) is 11.2 Å². The number of piperidine rings is 1. The van der Waals surface area contributed by atoms with Crippen LogP contribution in [0.4, 0.5) is 4.39 Å². The Morgan fingerprint density at radius 3 is 2.65 bits per heavy atom. The van der Waals surface area contributed by atoms with Gasteiger partial charge in [-0.2, -0.15) is 5.10 Å². The molecule has 1 fully saturated rings. The van der Waals surface area contributed by atoms with Gasteiger partial charge in [-0.15, -0.1) is 0 Å². The highest BCUT2D eigenvalue weighted by Crippen LogP contribution is 2.42. The molecule has 0 amide bonds. The van der Waals surface area contributed by atoms with Crippen molar-refractivity contribution in [2.24, 2.45) is 5.41 Å². The molecule has 31 heavy (non-hydrogen) atoms. The summed E-state index contributed by atoms with van der Waals surface area (Å²) >= 11 is 0. The first-order chi connectivity index (χ1) is 15.0. The number of hydrogen-bond donors (Lipinski definition) is 1. The maximum absolute atomic E-state index is 13.4. The lowest BCUT2D eigenvalue weighted by Crippen LogP contribution is -2.45. The van der Waals surface area contributed by atoms with E-state index in [0.717, 1.165) is 56.8 Å². The average Bonchev–Trinajstić information content (AvgIpc) is 3.39. The smallest absolute Gasteiger partial charge is 0.123 e. The van der Waals surface area contributed by atoms with Gasteiger partial charge in [-0.1, -0.05) is 13.8 Å². The van der Waals surface area contributed by atoms with Crippen molar-refractivity contribution in [3.05, 3.63) is 71.7 Å². The lowest BCUT2D eigenvalue weighted by molar-refractivity contribution is 0.161. The van der Waals surface area contributed by atoms with Crippen LogP contribution < -0.4 is 5.32 Å². The van der Waals surface area contributed by atoms with Gasteiger partial charge in [0.2, 0.25) is 0 Å². The van der Waals surface area contributed by atoms with Gasteiger partial charge in [0.05, 0.1) is 24.7 Å². The SMILES string of the molecule is CC1(C)Cc2c(cnn2-c2ccc(F)cc2)[C@H](NC2CCN(Cc3ccco3)CC2)C1. The lowest BCUT2D eigenvalue weighted by Gasteiger charge is -2.39. The monoisotopic (exact) mass is 422 g/mol. The highest BCUT2D eigenvalue weighted by molar-refractivity contribution is 5.38. The van der Waals surface area contributed by atoms with E-state index >= 15 is 0 Å². The first-order valence-corrected chi connectivity index (χ1v) is 11.3. The quantitative estimate of drug-likeness (QED) is 0.637. The zero-order chi connectivity index (χ0) is 21.4. The Kier molecular flexibility index (Phi) is 5.44. The van der Waals surface area contributed by atoms with Gasteiger partial charge in [-0.25, -0.2) is 9.07 Å². The summed E-state index contributed by atoms with van der Waals surface area (Å²) in [7, 11) is 0. The summed E-state index contributed by atoms with van der Waals surface area (Å²) in [6.07, 6.45) is 8.11. The molecule has 2 aromatic heterocycles. The zero-order valence-corrected chi connectivity index (χ0v) is 18.4. The van der Waals surface area contributed by atoms with E-state index in [0.29, 0.717) is 12.1 Å². The molecule has 0 radical (unpaired) electrons. The molecule has 0 spiro atoms. The number of halogens is 1. The Balaban J connectivity index is 1.29. The normalized spacial score (nSPS) is 21.8. The minimum absolute atomic E-state index is 0.183. The molecule has 1 N–H and O–H groups in total. The zero-order valence-electron chi connectivity index (χ0n) is 18.4. The summed E-state index contributed by atoms with van der Waals surface area (Å²) in [6.45, 7) is 7.72. The van der Waals surface area contributed by atoms with Crippen molar-refractivity contribution in [1.29, 1.82) is 0 Å². The number of aromatic nitrogens is 2. The van der Waals surface area contributed by atoms with Crippen LogP contribution in [0.3, 0.4) is 0 Å². The number of nitrogens with zero attached hydrogens (tertiary/aromatic N) is 3. The van der Waals surface area contributed by atoms with E-state index in [1.165, 1.54) is 23.4 Å². The Morgan fingerprint density at radius 1 is 1.16 bits per heavy atom. The van der Waals surface area contributed by atoms with Crippen molar-refractivity contribution >= 4 is 0 Å². The fourth-order valence-corrected chi connectivity index (χ4v) is 5.16. The van der Waals surface area contributed by atoms with E-state index in [-0.39, 0.29) is 11.2 Å².